The zero-order chi connectivity index (χ0) is 46.1. The number of nitrogens with one attached hydrogen (secondary N) is 3. The highest BCUT2D eigenvalue weighted by Gasteiger charge is 2.66. The average molecular weight is 955 g/mol. The SMILES string of the molecule is COc1ccc2c(O[C@@H]3C[C@H]4C(=O)N[C@]5(P(=O)(O)Cc6c(F)cccc6F)C[C@@H]5CCCCCCC[C@H](NC(=O)CC(F)(F)F)C(=O)N4C3)cc(-c3csc(NC(C)C)n3)nc2c1Cl. The van der Waals surface area contributed by atoms with Gasteiger partial charge in [0, 0.05) is 34.9 Å². The molecule has 3 aliphatic rings. The van der Waals surface area contributed by atoms with Gasteiger partial charge in [-0.3, -0.25) is 18.9 Å². The largest absolute Gasteiger partial charge is 0.495 e. The minimum absolute atomic E-state index is 0.0224. The molecule has 3 amide bonds. The highest BCUT2D eigenvalue weighted by Crippen LogP contribution is 2.71. The molecular weight excluding hydrogens is 906 g/mol. The van der Waals surface area contributed by atoms with Crippen LogP contribution in [0.1, 0.15) is 83.6 Å². The van der Waals surface area contributed by atoms with Crippen LogP contribution in [0, 0.1) is 17.6 Å². The van der Waals surface area contributed by atoms with E-state index in [2.05, 4.69) is 20.9 Å². The van der Waals surface area contributed by atoms with Crippen molar-refractivity contribution < 1.29 is 55.3 Å². The van der Waals surface area contributed by atoms with E-state index in [0.717, 1.165) is 23.1 Å². The van der Waals surface area contributed by atoms with E-state index in [4.69, 9.17) is 26.1 Å². The van der Waals surface area contributed by atoms with Gasteiger partial charge < -0.3 is 35.2 Å². The molecule has 0 spiro atoms. The van der Waals surface area contributed by atoms with Crippen LogP contribution in [0.2, 0.25) is 5.02 Å². The smallest absolute Gasteiger partial charge is 0.397 e. The molecule has 2 aromatic heterocycles. The minimum atomic E-state index is -4.86. The van der Waals surface area contributed by atoms with Crippen molar-refractivity contribution >= 4 is 64.1 Å². The van der Waals surface area contributed by atoms with Crippen molar-refractivity contribution in [1.82, 2.24) is 25.5 Å². The van der Waals surface area contributed by atoms with Crippen LogP contribution in [-0.4, -0.2) is 86.8 Å². The van der Waals surface area contributed by atoms with Crippen molar-refractivity contribution in [1.29, 1.82) is 0 Å². The number of carbonyl (C=O) groups excluding carboxylic acids is 3. The van der Waals surface area contributed by atoms with Gasteiger partial charge in [-0.1, -0.05) is 49.8 Å². The number of amides is 3. The first kappa shape index (κ1) is 47.4. The summed E-state index contributed by atoms with van der Waals surface area (Å²) in [6.45, 7) is 3.63. The molecule has 4 heterocycles. The number of pyridine rings is 1. The Kier molecular flexibility index (Phi) is 14.1. The fourth-order valence-corrected chi connectivity index (χ4v) is 12.3. The predicted molar refractivity (Wildman–Crippen MR) is 231 cm³/mol. The second-order valence-electron chi connectivity index (χ2n) is 16.9. The van der Waals surface area contributed by atoms with E-state index in [1.54, 1.807) is 23.6 Å². The molecule has 2 saturated heterocycles. The lowest BCUT2D eigenvalue weighted by molar-refractivity contribution is -0.156. The number of thiazole rings is 1. The number of rotatable bonds is 11. The Balaban J connectivity index is 1.26. The number of anilines is 1. The van der Waals surface area contributed by atoms with E-state index in [9.17, 15) is 45.8 Å². The number of aromatic nitrogens is 2. The Bertz CT molecular complexity index is 2440. The minimum Gasteiger partial charge on any atom is -0.495 e. The molecule has 0 radical (unpaired) electrons. The number of nitrogens with zero attached hydrogens (tertiary/aromatic N) is 3. The summed E-state index contributed by atoms with van der Waals surface area (Å²) >= 11 is 8.15. The van der Waals surface area contributed by atoms with Gasteiger partial charge in [0.15, 0.2) is 5.13 Å². The quantitative estimate of drug-likeness (QED) is 0.0841. The molecule has 64 heavy (non-hydrogen) atoms. The molecule has 3 fully saturated rings. The maximum atomic E-state index is 14.9. The van der Waals surface area contributed by atoms with Gasteiger partial charge in [-0.2, -0.15) is 13.2 Å². The summed E-state index contributed by atoms with van der Waals surface area (Å²) in [4.78, 5) is 64.3. The molecule has 1 saturated carbocycles. The van der Waals surface area contributed by atoms with Crippen molar-refractivity contribution in [3.8, 4) is 22.9 Å². The monoisotopic (exact) mass is 954 g/mol. The van der Waals surface area contributed by atoms with Gasteiger partial charge in [0.05, 0.1) is 31.0 Å². The number of halogens is 6. The second-order valence-corrected chi connectivity index (χ2v) is 20.7. The number of benzene rings is 2. The summed E-state index contributed by atoms with van der Waals surface area (Å²) in [5, 5.41) is 9.49. The fraction of sp³-hybridized carbons (Fsp3) is 0.512. The van der Waals surface area contributed by atoms with Gasteiger partial charge >= 0.3 is 6.18 Å². The topological polar surface area (TPSA) is 172 Å². The first-order valence-corrected chi connectivity index (χ1v) is 24.2. The Labute approximate surface area is 375 Å². The van der Waals surface area contributed by atoms with Crippen LogP contribution < -0.4 is 25.4 Å². The number of hydrogen-bond acceptors (Lipinski definition) is 10. The third kappa shape index (κ3) is 10.4. The van der Waals surface area contributed by atoms with Crippen LogP contribution in [0.25, 0.3) is 22.3 Å². The van der Waals surface area contributed by atoms with Crippen LogP contribution in [0.3, 0.4) is 0 Å². The molecule has 1 aliphatic carbocycles. The zero-order valence-corrected chi connectivity index (χ0v) is 37.7. The summed E-state index contributed by atoms with van der Waals surface area (Å²) in [6.07, 6.45) is -5.54. The number of hydrogen-bond donors (Lipinski definition) is 4. The van der Waals surface area contributed by atoms with Gasteiger partial charge in [0.2, 0.25) is 25.1 Å². The number of fused-ring (bicyclic) bond motifs is 3. The molecule has 4 N–H and O–H groups in total. The molecule has 0 bridgehead atoms. The van der Waals surface area contributed by atoms with Gasteiger partial charge in [-0.05, 0) is 63.3 Å². The lowest BCUT2D eigenvalue weighted by atomic mass is 10.0. The van der Waals surface area contributed by atoms with Crippen LogP contribution in [-0.2, 0) is 25.1 Å². The normalized spacial score (nSPS) is 24.2. The van der Waals surface area contributed by atoms with E-state index in [1.807, 2.05) is 13.8 Å². The van der Waals surface area contributed by atoms with Crippen molar-refractivity contribution in [3.63, 3.8) is 0 Å². The van der Waals surface area contributed by atoms with Crippen LogP contribution in [0.5, 0.6) is 11.5 Å². The van der Waals surface area contributed by atoms with E-state index in [0.29, 0.717) is 71.7 Å². The first-order valence-electron chi connectivity index (χ1n) is 21.1. The van der Waals surface area contributed by atoms with Gasteiger partial charge in [-0.25, -0.2) is 18.7 Å². The highest BCUT2D eigenvalue weighted by molar-refractivity contribution is 7.59. The van der Waals surface area contributed by atoms with Crippen molar-refractivity contribution in [2.24, 2.45) is 5.92 Å². The molecule has 2 aromatic carbocycles. The highest BCUT2D eigenvalue weighted by atomic mass is 35.5. The summed E-state index contributed by atoms with van der Waals surface area (Å²) in [7, 11) is -3.21. The van der Waals surface area contributed by atoms with E-state index in [-0.39, 0.29) is 42.6 Å². The molecule has 6 atom stereocenters. The summed E-state index contributed by atoms with van der Waals surface area (Å²) in [5.41, 5.74) is 0.541. The van der Waals surface area contributed by atoms with Crippen LogP contribution in [0.4, 0.5) is 27.1 Å². The molecule has 1 unspecified atom stereocenters. The van der Waals surface area contributed by atoms with Gasteiger partial charge in [0.1, 0.15) is 63.7 Å². The maximum Gasteiger partial charge on any atom is 0.397 e. The second kappa shape index (κ2) is 19.1. The molecule has 4 aromatic rings. The van der Waals surface area contributed by atoms with E-state index in [1.165, 1.54) is 18.4 Å². The van der Waals surface area contributed by atoms with Gasteiger partial charge in [-0.15, -0.1) is 11.3 Å². The van der Waals surface area contributed by atoms with Gasteiger partial charge in [0.25, 0.3) is 0 Å². The Hall–Kier alpha value is -4.58. The van der Waals surface area contributed by atoms with E-state index >= 15 is 0 Å². The van der Waals surface area contributed by atoms with E-state index < -0.39 is 90.4 Å². The van der Waals surface area contributed by atoms with Crippen molar-refractivity contribution in [3.05, 3.63) is 64.0 Å². The Morgan fingerprint density at radius 3 is 2.45 bits per heavy atom. The lowest BCUT2D eigenvalue weighted by Crippen LogP contribution is -2.55. The molecular formula is C43H49ClF5N6O7PS. The number of alkyl halides is 3. The van der Waals surface area contributed by atoms with Crippen LogP contribution in [0.15, 0.2) is 41.8 Å². The number of ether oxygens (including phenoxy) is 2. The maximum absolute atomic E-state index is 14.9. The summed E-state index contributed by atoms with van der Waals surface area (Å²) in [5.74, 6) is -5.17. The molecule has 13 nitrogen and oxygen atoms in total. The Morgan fingerprint density at radius 1 is 1.06 bits per heavy atom. The number of methoxy groups -OCH3 is 1. The molecule has 2 aliphatic heterocycles. The Morgan fingerprint density at radius 2 is 1.77 bits per heavy atom. The molecule has 7 rings (SSSR count). The first-order chi connectivity index (χ1) is 30.3. The third-order valence-electron chi connectivity index (χ3n) is 11.9. The number of carbonyl (C=O) groups is 3. The standard InChI is InChI=1S/C43H49ClF5N6O7PS/c1-23(2)50-41-53-32(22-64-41)31-17-35(26-14-15-34(61-3)37(44)38(26)52-31)62-25-16-33-39(57)54-42(63(59,60)21-27-28(45)11-9-12-29(27)46)18-24(42)10-7-5-4-6-8-13-30(40(58)55(33)20-25)51-36(56)19-43(47,48)49/h9,11-12,14-15,17,22-25,30,33H,4-8,10,13,16,18-21H2,1-3H3,(H,50,53)(H,51,56)(H,54,57)(H,59,60)/t24-,25+,30-,33-,42-/m0/s1. The van der Waals surface area contributed by atoms with Crippen LogP contribution >= 0.6 is 30.3 Å². The average Bonchev–Trinajstić information content (AvgIpc) is 3.49. The summed E-state index contributed by atoms with van der Waals surface area (Å²) in [6, 6.07) is 5.20. The zero-order valence-electron chi connectivity index (χ0n) is 35.3. The van der Waals surface area contributed by atoms with Crippen molar-refractivity contribution in [2.75, 3.05) is 19.0 Å². The molecule has 21 heteroatoms. The predicted octanol–water partition coefficient (Wildman–Crippen LogP) is 8.95. The molecule has 346 valence electrons. The third-order valence-corrected chi connectivity index (χ3v) is 15.7. The van der Waals surface area contributed by atoms with Crippen molar-refractivity contribution in [2.45, 2.75) is 120 Å². The fourth-order valence-electron chi connectivity index (χ4n) is 8.67. The summed E-state index contributed by atoms with van der Waals surface area (Å²) < 4.78 is 96.4. The lowest BCUT2D eigenvalue weighted by Gasteiger charge is -2.31.